The van der Waals surface area contributed by atoms with E-state index < -0.39 is 28.5 Å². The SMILES string of the molecule is C[C@@H](Sc1n[nH]c(=O)n1CCc1ccccc1)C(=O)Nc1c(F)cccc1F. The van der Waals surface area contributed by atoms with Crippen LogP contribution in [-0.4, -0.2) is 25.9 Å². The van der Waals surface area contributed by atoms with Crippen molar-refractivity contribution in [3.05, 3.63) is 76.2 Å². The molecular weight excluding hydrogens is 386 g/mol. The third kappa shape index (κ3) is 4.66. The first-order valence-electron chi connectivity index (χ1n) is 8.56. The first-order valence-corrected chi connectivity index (χ1v) is 9.44. The highest BCUT2D eigenvalue weighted by molar-refractivity contribution is 8.00. The maximum absolute atomic E-state index is 13.7. The van der Waals surface area contributed by atoms with Crippen molar-refractivity contribution in [2.45, 2.75) is 30.3 Å². The topological polar surface area (TPSA) is 79.8 Å². The molecule has 0 radical (unpaired) electrons. The second-order valence-corrected chi connectivity index (χ2v) is 7.35. The number of aromatic nitrogens is 3. The van der Waals surface area contributed by atoms with E-state index in [1.54, 1.807) is 6.92 Å². The van der Waals surface area contributed by atoms with Gasteiger partial charge in [-0.2, -0.15) is 0 Å². The summed E-state index contributed by atoms with van der Waals surface area (Å²) in [6.45, 7) is 1.96. The third-order valence-corrected chi connectivity index (χ3v) is 5.14. The normalized spacial score (nSPS) is 12.0. The lowest BCUT2D eigenvalue weighted by atomic mass is 10.1. The number of amides is 1. The van der Waals surface area contributed by atoms with Crippen molar-refractivity contribution in [3.8, 4) is 0 Å². The molecule has 9 heteroatoms. The van der Waals surface area contributed by atoms with Gasteiger partial charge in [0, 0.05) is 6.54 Å². The molecule has 1 amide bonds. The van der Waals surface area contributed by atoms with Crippen LogP contribution in [0.4, 0.5) is 14.5 Å². The molecule has 0 fully saturated rings. The van der Waals surface area contributed by atoms with E-state index in [0.29, 0.717) is 18.1 Å². The second-order valence-electron chi connectivity index (χ2n) is 6.04. The molecule has 0 aliphatic heterocycles. The summed E-state index contributed by atoms with van der Waals surface area (Å²) in [7, 11) is 0. The lowest BCUT2D eigenvalue weighted by Gasteiger charge is -2.13. The van der Waals surface area contributed by atoms with Crippen LogP contribution in [0.5, 0.6) is 0 Å². The number of nitrogens with one attached hydrogen (secondary N) is 2. The van der Waals surface area contributed by atoms with E-state index in [9.17, 15) is 18.4 Å². The fraction of sp³-hybridized carbons (Fsp3) is 0.211. The van der Waals surface area contributed by atoms with Crippen molar-refractivity contribution < 1.29 is 13.6 Å². The van der Waals surface area contributed by atoms with Crippen LogP contribution in [-0.2, 0) is 17.8 Å². The number of nitrogens with zero attached hydrogens (tertiary/aromatic N) is 2. The van der Waals surface area contributed by atoms with E-state index in [1.165, 1.54) is 10.6 Å². The van der Waals surface area contributed by atoms with Gasteiger partial charge in [-0.05, 0) is 31.0 Å². The number of benzene rings is 2. The highest BCUT2D eigenvalue weighted by Gasteiger charge is 2.21. The lowest BCUT2D eigenvalue weighted by molar-refractivity contribution is -0.115. The predicted molar refractivity (Wildman–Crippen MR) is 103 cm³/mol. The van der Waals surface area contributed by atoms with Crippen LogP contribution in [0.1, 0.15) is 12.5 Å². The van der Waals surface area contributed by atoms with Gasteiger partial charge in [0.1, 0.15) is 17.3 Å². The molecule has 1 aromatic heterocycles. The highest BCUT2D eigenvalue weighted by atomic mass is 32.2. The molecule has 0 aliphatic carbocycles. The van der Waals surface area contributed by atoms with Gasteiger partial charge < -0.3 is 5.32 Å². The molecule has 0 bridgehead atoms. The summed E-state index contributed by atoms with van der Waals surface area (Å²) in [5.74, 6) is -2.31. The predicted octanol–water partition coefficient (Wildman–Crippen LogP) is 3.21. The summed E-state index contributed by atoms with van der Waals surface area (Å²) in [6, 6.07) is 13.0. The van der Waals surface area contributed by atoms with E-state index >= 15 is 0 Å². The number of carbonyl (C=O) groups excluding carboxylic acids is 1. The zero-order valence-corrected chi connectivity index (χ0v) is 15.8. The van der Waals surface area contributed by atoms with Crippen molar-refractivity contribution in [2.24, 2.45) is 0 Å². The van der Waals surface area contributed by atoms with Crippen molar-refractivity contribution in [1.82, 2.24) is 14.8 Å². The van der Waals surface area contributed by atoms with Gasteiger partial charge in [0.05, 0.1) is 5.25 Å². The van der Waals surface area contributed by atoms with Crippen molar-refractivity contribution in [1.29, 1.82) is 0 Å². The smallest absolute Gasteiger partial charge is 0.320 e. The molecular formula is C19H18F2N4O2S. The van der Waals surface area contributed by atoms with Gasteiger partial charge in [-0.25, -0.2) is 18.7 Å². The molecule has 3 aromatic rings. The summed E-state index contributed by atoms with van der Waals surface area (Å²) in [5.41, 5.74) is 0.182. The summed E-state index contributed by atoms with van der Waals surface area (Å²) >= 11 is 1.03. The fourth-order valence-electron chi connectivity index (χ4n) is 2.53. The standard InChI is InChI=1S/C19H18F2N4O2S/c1-12(17(26)22-16-14(20)8-5-9-15(16)21)28-19-24-23-18(27)25(19)11-10-13-6-3-2-4-7-13/h2-9,12H,10-11H2,1H3,(H,22,26)(H,23,27)/t12-/m1/s1. The number of para-hydroxylation sites is 1. The Morgan fingerprint density at radius 1 is 1.18 bits per heavy atom. The number of hydrogen-bond donors (Lipinski definition) is 2. The van der Waals surface area contributed by atoms with E-state index in [4.69, 9.17) is 0 Å². The fourth-order valence-corrected chi connectivity index (χ4v) is 3.41. The van der Waals surface area contributed by atoms with Crippen LogP contribution in [0, 0.1) is 11.6 Å². The average molecular weight is 404 g/mol. The number of hydrogen-bond acceptors (Lipinski definition) is 4. The van der Waals surface area contributed by atoms with Crippen LogP contribution in [0.2, 0.25) is 0 Å². The van der Waals surface area contributed by atoms with Gasteiger partial charge in [-0.15, -0.1) is 5.10 Å². The van der Waals surface area contributed by atoms with Crippen molar-refractivity contribution in [3.63, 3.8) is 0 Å². The molecule has 6 nitrogen and oxygen atoms in total. The molecule has 0 saturated carbocycles. The van der Waals surface area contributed by atoms with E-state index in [-0.39, 0.29) is 5.69 Å². The van der Waals surface area contributed by atoms with Crippen molar-refractivity contribution in [2.75, 3.05) is 5.32 Å². The Balaban J connectivity index is 1.68. The van der Waals surface area contributed by atoms with Crippen LogP contribution < -0.4 is 11.0 Å². The molecule has 2 aromatic carbocycles. The molecule has 0 spiro atoms. The van der Waals surface area contributed by atoms with Gasteiger partial charge in [0.15, 0.2) is 5.16 Å². The first-order chi connectivity index (χ1) is 13.5. The maximum Gasteiger partial charge on any atom is 0.343 e. The number of thioether (sulfide) groups is 1. The highest BCUT2D eigenvalue weighted by Crippen LogP contribution is 2.23. The van der Waals surface area contributed by atoms with E-state index in [0.717, 1.165) is 29.5 Å². The first kappa shape index (κ1) is 19.8. The maximum atomic E-state index is 13.7. The van der Waals surface area contributed by atoms with Crippen LogP contribution >= 0.6 is 11.8 Å². The van der Waals surface area contributed by atoms with Crippen LogP contribution in [0.15, 0.2) is 58.5 Å². The molecule has 28 heavy (non-hydrogen) atoms. The zero-order chi connectivity index (χ0) is 20.1. The Kier molecular flexibility index (Phi) is 6.25. The van der Waals surface area contributed by atoms with Gasteiger partial charge in [0.25, 0.3) is 0 Å². The van der Waals surface area contributed by atoms with Crippen LogP contribution in [0.25, 0.3) is 0 Å². The number of carbonyl (C=O) groups is 1. The Bertz CT molecular complexity index is 1000. The van der Waals surface area contributed by atoms with E-state index in [2.05, 4.69) is 15.5 Å². The summed E-state index contributed by atoms with van der Waals surface area (Å²) in [4.78, 5) is 24.4. The molecule has 0 aliphatic rings. The molecule has 0 saturated heterocycles. The van der Waals surface area contributed by atoms with Crippen LogP contribution in [0.3, 0.4) is 0 Å². The quantitative estimate of drug-likeness (QED) is 0.593. The van der Waals surface area contributed by atoms with Gasteiger partial charge in [-0.1, -0.05) is 48.2 Å². The number of aryl methyl sites for hydroxylation is 1. The Morgan fingerprint density at radius 2 is 1.86 bits per heavy atom. The second kappa shape index (κ2) is 8.83. The minimum absolute atomic E-state index is 0.331. The minimum Gasteiger partial charge on any atom is -0.320 e. The number of halogens is 2. The Morgan fingerprint density at radius 3 is 2.54 bits per heavy atom. The average Bonchev–Trinajstić information content (AvgIpc) is 3.03. The van der Waals surface area contributed by atoms with Gasteiger partial charge in [0.2, 0.25) is 5.91 Å². The summed E-state index contributed by atoms with van der Waals surface area (Å²) < 4.78 is 28.8. The molecule has 2 N–H and O–H groups in total. The van der Waals surface area contributed by atoms with Gasteiger partial charge in [-0.3, -0.25) is 9.36 Å². The zero-order valence-electron chi connectivity index (χ0n) is 15.0. The summed E-state index contributed by atoms with van der Waals surface area (Å²) in [5, 5.41) is 8.17. The monoisotopic (exact) mass is 404 g/mol. The Labute approximate surface area is 164 Å². The number of anilines is 1. The molecule has 0 unspecified atom stereocenters. The molecule has 3 rings (SSSR count). The Hall–Kier alpha value is -2.94. The minimum atomic E-state index is -0.856. The molecule has 146 valence electrons. The van der Waals surface area contributed by atoms with Gasteiger partial charge >= 0.3 is 5.69 Å². The largest absolute Gasteiger partial charge is 0.343 e. The molecule has 1 heterocycles. The lowest BCUT2D eigenvalue weighted by Crippen LogP contribution is -2.25. The number of H-pyrrole nitrogens is 1. The molecule has 1 atom stereocenters. The van der Waals surface area contributed by atoms with Crippen molar-refractivity contribution >= 4 is 23.4 Å². The number of aromatic amines is 1. The van der Waals surface area contributed by atoms with E-state index in [1.807, 2.05) is 30.3 Å². The number of rotatable bonds is 7. The summed E-state index contributed by atoms with van der Waals surface area (Å²) in [6.07, 6.45) is 0.620. The third-order valence-electron chi connectivity index (χ3n) is 4.05.